The van der Waals surface area contributed by atoms with E-state index in [-0.39, 0.29) is 23.6 Å². The summed E-state index contributed by atoms with van der Waals surface area (Å²) in [7, 11) is 0. The van der Waals surface area contributed by atoms with E-state index in [1.54, 1.807) is 12.1 Å². The Hall–Kier alpha value is -3.47. The van der Waals surface area contributed by atoms with Crippen molar-refractivity contribution < 1.29 is 14.1 Å². The number of nitro benzene ring substituents is 1. The van der Waals surface area contributed by atoms with Crippen LogP contribution in [-0.2, 0) is 11.2 Å². The molecule has 2 rings (SSSR count). The van der Waals surface area contributed by atoms with Gasteiger partial charge in [0.1, 0.15) is 11.9 Å². The Kier molecular flexibility index (Phi) is 5.63. The molecule has 0 saturated heterocycles. The number of halogens is 1. The molecule has 3 N–H and O–H groups in total. The minimum absolute atomic E-state index is 0.0965. The van der Waals surface area contributed by atoms with E-state index in [0.717, 1.165) is 11.6 Å². The third-order valence-electron chi connectivity index (χ3n) is 3.67. The van der Waals surface area contributed by atoms with Gasteiger partial charge in [0, 0.05) is 18.7 Å². The molecule has 2 aromatic carbocycles. The van der Waals surface area contributed by atoms with Crippen molar-refractivity contribution >= 4 is 17.3 Å². The maximum atomic E-state index is 12.9. The highest BCUT2D eigenvalue weighted by Gasteiger charge is 2.17. The van der Waals surface area contributed by atoms with Gasteiger partial charge in [-0.1, -0.05) is 12.1 Å². The predicted octanol–water partition coefficient (Wildman–Crippen LogP) is 2.36. The van der Waals surface area contributed by atoms with Crippen LogP contribution in [0.15, 0.2) is 42.5 Å². The Balaban J connectivity index is 2.11. The monoisotopic (exact) mass is 342 g/mol. The second kappa shape index (κ2) is 7.88. The molecule has 0 aliphatic rings. The van der Waals surface area contributed by atoms with Crippen LogP contribution < -0.4 is 11.1 Å². The first-order valence-electron chi connectivity index (χ1n) is 7.37. The number of anilines is 1. The van der Waals surface area contributed by atoms with Crippen LogP contribution in [0.2, 0.25) is 0 Å². The molecular weight excluding hydrogens is 327 g/mol. The number of primary amides is 1. The number of non-ortho nitro benzene ring substituents is 1. The fourth-order valence-electron chi connectivity index (χ4n) is 2.30. The van der Waals surface area contributed by atoms with Crippen LogP contribution in [0.3, 0.4) is 0 Å². The molecule has 0 aliphatic heterocycles. The van der Waals surface area contributed by atoms with Crippen LogP contribution in [0, 0.1) is 33.2 Å². The van der Waals surface area contributed by atoms with E-state index in [1.165, 1.54) is 24.3 Å². The topological polar surface area (TPSA) is 122 Å². The standard InChI is InChI=1S/C17H15FN4O3/c18-14-3-1-11(2-4-14)7-13(17(20)23)10-21-16-6-5-15(22(24)25)8-12(16)9-19/h1-6,8,13,21H,7,10H2,(H2,20,23)/t13-/m0/s1. The van der Waals surface area contributed by atoms with E-state index >= 15 is 0 Å². The van der Waals surface area contributed by atoms with Crippen molar-refractivity contribution in [1.29, 1.82) is 5.26 Å². The SMILES string of the molecule is N#Cc1cc([N+](=O)[O-])ccc1NC[C@H](Cc1ccc(F)cc1)C(N)=O. The summed E-state index contributed by atoms with van der Waals surface area (Å²) in [5.74, 6) is -1.51. The lowest BCUT2D eigenvalue weighted by atomic mass is 9.98. The van der Waals surface area contributed by atoms with Gasteiger partial charge in [0.25, 0.3) is 5.69 Å². The van der Waals surface area contributed by atoms with Crippen molar-refractivity contribution in [2.75, 3.05) is 11.9 Å². The van der Waals surface area contributed by atoms with Gasteiger partial charge in [-0.15, -0.1) is 0 Å². The lowest BCUT2D eigenvalue weighted by Crippen LogP contribution is -2.31. The number of nitrogens with zero attached hydrogens (tertiary/aromatic N) is 2. The van der Waals surface area contributed by atoms with E-state index in [1.807, 2.05) is 6.07 Å². The first-order valence-corrected chi connectivity index (χ1v) is 7.37. The Morgan fingerprint density at radius 2 is 2.00 bits per heavy atom. The Bertz CT molecular complexity index is 831. The molecule has 0 heterocycles. The first kappa shape index (κ1) is 17.9. The summed E-state index contributed by atoms with van der Waals surface area (Å²) in [6.45, 7) is 0.138. The summed E-state index contributed by atoms with van der Waals surface area (Å²) in [5.41, 5.74) is 6.43. The molecule has 0 bridgehead atoms. The van der Waals surface area contributed by atoms with E-state index in [4.69, 9.17) is 11.0 Å². The van der Waals surface area contributed by atoms with Crippen molar-refractivity contribution in [2.24, 2.45) is 11.7 Å². The van der Waals surface area contributed by atoms with E-state index in [0.29, 0.717) is 12.1 Å². The quantitative estimate of drug-likeness (QED) is 0.591. The summed E-state index contributed by atoms with van der Waals surface area (Å²) in [6, 6.07) is 11.4. The molecule has 0 spiro atoms. The van der Waals surface area contributed by atoms with Gasteiger partial charge in [0.15, 0.2) is 0 Å². The number of hydrogen-bond donors (Lipinski definition) is 2. The predicted molar refractivity (Wildman–Crippen MR) is 89.1 cm³/mol. The van der Waals surface area contributed by atoms with E-state index in [2.05, 4.69) is 5.32 Å². The van der Waals surface area contributed by atoms with Crippen LogP contribution in [0.25, 0.3) is 0 Å². The number of hydrogen-bond acceptors (Lipinski definition) is 5. The van der Waals surface area contributed by atoms with E-state index < -0.39 is 16.7 Å². The smallest absolute Gasteiger partial charge is 0.270 e. The van der Waals surface area contributed by atoms with Crippen LogP contribution in [0.5, 0.6) is 0 Å². The van der Waals surface area contributed by atoms with Crippen LogP contribution in [0.4, 0.5) is 15.8 Å². The van der Waals surface area contributed by atoms with Crippen molar-refractivity contribution in [1.82, 2.24) is 0 Å². The fraction of sp³-hybridized carbons (Fsp3) is 0.176. The van der Waals surface area contributed by atoms with Crippen LogP contribution >= 0.6 is 0 Å². The third-order valence-corrected chi connectivity index (χ3v) is 3.67. The van der Waals surface area contributed by atoms with Gasteiger partial charge >= 0.3 is 0 Å². The number of nitriles is 1. The Morgan fingerprint density at radius 3 is 2.56 bits per heavy atom. The average Bonchev–Trinajstić information content (AvgIpc) is 2.59. The highest BCUT2D eigenvalue weighted by Crippen LogP contribution is 2.22. The number of nitro groups is 1. The molecule has 0 radical (unpaired) electrons. The Labute approximate surface area is 143 Å². The highest BCUT2D eigenvalue weighted by atomic mass is 19.1. The number of benzene rings is 2. The minimum atomic E-state index is -0.592. The molecule has 1 amide bonds. The summed E-state index contributed by atoms with van der Waals surface area (Å²) >= 11 is 0. The Morgan fingerprint density at radius 1 is 1.32 bits per heavy atom. The number of carbonyl (C=O) groups is 1. The molecule has 7 nitrogen and oxygen atoms in total. The zero-order valence-corrected chi connectivity index (χ0v) is 13.1. The zero-order valence-electron chi connectivity index (χ0n) is 13.1. The number of amides is 1. The van der Waals surface area contributed by atoms with Crippen molar-refractivity contribution in [2.45, 2.75) is 6.42 Å². The highest BCUT2D eigenvalue weighted by molar-refractivity contribution is 5.78. The van der Waals surface area contributed by atoms with Crippen LogP contribution in [-0.4, -0.2) is 17.4 Å². The molecule has 0 saturated carbocycles. The number of nitrogens with one attached hydrogen (secondary N) is 1. The normalized spacial score (nSPS) is 11.4. The van der Waals surface area contributed by atoms with Gasteiger partial charge in [-0.2, -0.15) is 5.26 Å². The lowest BCUT2D eigenvalue weighted by Gasteiger charge is -2.16. The average molecular weight is 342 g/mol. The van der Waals surface area contributed by atoms with Crippen molar-refractivity contribution in [3.05, 3.63) is 69.5 Å². The zero-order chi connectivity index (χ0) is 18.4. The van der Waals surface area contributed by atoms with Crippen LogP contribution in [0.1, 0.15) is 11.1 Å². The van der Waals surface area contributed by atoms with E-state index in [9.17, 15) is 19.3 Å². The van der Waals surface area contributed by atoms with Gasteiger partial charge in [-0.25, -0.2) is 4.39 Å². The molecular formula is C17H15FN4O3. The summed E-state index contributed by atoms with van der Waals surface area (Å²) in [4.78, 5) is 21.8. The molecule has 2 aromatic rings. The number of nitrogens with two attached hydrogens (primary N) is 1. The molecule has 25 heavy (non-hydrogen) atoms. The van der Waals surface area contributed by atoms with Crippen molar-refractivity contribution in [3.8, 4) is 6.07 Å². The maximum Gasteiger partial charge on any atom is 0.270 e. The summed E-state index contributed by atoms with van der Waals surface area (Å²) < 4.78 is 12.9. The van der Waals surface area contributed by atoms with Gasteiger partial charge in [-0.3, -0.25) is 14.9 Å². The first-order chi connectivity index (χ1) is 11.9. The molecule has 1 atom stereocenters. The maximum absolute atomic E-state index is 12.9. The largest absolute Gasteiger partial charge is 0.383 e. The lowest BCUT2D eigenvalue weighted by molar-refractivity contribution is -0.384. The van der Waals surface area contributed by atoms with Gasteiger partial charge in [-0.05, 0) is 30.2 Å². The molecule has 0 unspecified atom stereocenters. The second-order valence-electron chi connectivity index (χ2n) is 5.41. The second-order valence-corrected chi connectivity index (χ2v) is 5.41. The molecule has 0 fully saturated rings. The minimum Gasteiger partial charge on any atom is -0.383 e. The van der Waals surface area contributed by atoms with Gasteiger partial charge in [0.2, 0.25) is 5.91 Å². The summed E-state index contributed by atoms with van der Waals surface area (Å²) in [6.07, 6.45) is 0.303. The van der Waals surface area contributed by atoms with Crippen molar-refractivity contribution in [3.63, 3.8) is 0 Å². The van der Waals surface area contributed by atoms with Gasteiger partial charge < -0.3 is 11.1 Å². The molecule has 0 aliphatic carbocycles. The molecule has 8 heteroatoms. The molecule has 128 valence electrons. The number of carbonyl (C=O) groups excluding carboxylic acids is 1. The fourth-order valence-corrected chi connectivity index (χ4v) is 2.30. The third kappa shape index (κ3) is 4.75. The number of rotatable bonds is 7. The molecule has 0 aromatic heterocycles. The summed E-state index contributed by atoms with van der Waals surface area (Å²) in [5, 5.41) is 22.8. The van der Waals surface area contributed by atoms with Gasteiger partial charge in [0.05, 0.1) is 22.1 Å².